The number of nitrogens with one attached hydrogen (secondary N) is 1. The lowest BCUT2D eigenvalue weighted by atomic mass is 10.1. The van der Waals surface area contributed by atoms with Crippen LogP contribution in [-0.4, -0.2) is 41.4 Å². The maximum Gasteiger partial charge on any atom is 0.307 e. The smallest absolute Gasteiger partial charge is 0.307 e. The van der Waals surface area contributed by atoms with Gasteiger partial charge in [0.1, 0.15) is 11.4 Å². The van der Waals surface area contributed by atoms with Crippen molar-refractivity contribution in [2.24, 2.45) is 0 Å². The van der Waals surface area contributed by atoms with Crippen LogP contribution in [0.25, 0.3) is 16.9 Å². The fourth-order valence-electron chi connectivity index (χ4n) is 3.05. The van der Waals surface area contributed by atoms with Crippen LogP contribution in [0.1, 0.15) is 36.2 Å². The van der Waals surface area contributed by atoms with Gasteiger partial charge in [-0.3, -0.25) is 9.59 Å². The molecular formula is C24H27N3O4. The van der Waals surface area contributed by atoms with Gasteiger partial charge in [-0.05, 0) is 45.0 Å². The minimum Gasteiger partial charge on any atom is -0.497 e. The Kier molecular flexibility index (Phi) is 7.07. The molecule has 0 saturated heterocycles. The molecule has 0 unspecified atom stereocenters. The molecule has 0 bridgehead atoms. The summed E-state index contributed by atoms with van der Waals surface area (Å²) in [7, 11) is 1.59. The van der Waals surface area contributed by atoms with Crippen molar-refractivity contribution >= 4 is 11.9 Å². The molecule has 162 valence electrons. The van der Waals surface area contributed by atoms with Crippen LogP contribution in [0, 0.1) is 6.92 Å². The van der Waals surface area contributed by atoms with Gasteiger partial charge in [0.25, 0.3) is 5.91 Å². The van der Waals surface area contributed by atoms with Crippen molar-refractivity contribution in [2.75, 3.05) is 13.7 Å². The number of aromatic nitrogens is 2. The van der Waals surface area contributed by atoms with Crippen molar-refractivity contribution in [3.63, 3.8) is 0 Å². The standard InChI is InChI=1S/C24H27N3O4/c1-16(2)31-22(28)12-13-25-24(29)21-15-27(19-10-8-17(3)9-11-19)26-23(21)18-6-5-7-20(14-18)30-4/h5-11,14-16H,12-13H2,1-4H3,(H,25,29). The zero-order chi connectivity index (χ0) is 22.4. The molecule has 0 aliphatic heterocycles. The van der Waals surface area contributed by atoms with E-state index in [1.807, 2.05) is 55.5 Å². The summed E-state index contributed by atoms with van der Waals surface area (Å²) in [6.07, 6.45) is 1.61. The fourth-order valence-corrected chi connectivity index (χ4v) is 3.05. The molecule has 3 rings (SSSR count). The van der Waals surface area contributed by atoms with Crippen LogP contribution in [0.3, 0.4) is 0 Å². The van der Waals surface area contributed by atoms with Crippen molar-refractivity contribution in [3.05, 3.63) is 65.9 Å². The molecule has 1 amide bonds. The van der Waals surface area contributed by atoms with Crippen LogP contribution in [0.2, 0.25) is 0 Å². The minimum absolute atomic E-state index is 0.102. The SMILES string of the molecule is COc1cccc(-c2nn(-c3ccc(C)cc3)cc2C(=O)NCCC(=O)OC(C)C)c1. The van der Waals surface area contributed by atoms with Crippen LogP contribution >= 0.6 is 0 Å². The lowest BCUT2D eigenvalue weighted by Gasteiger charge is -2.09. The molecule has 7 heteroatoms. The Morgan fingerprint density at radius 2 is 1.87 bits per heavy atom. The zero-order valence-corrected chi connectivity index (χ0v) is 18.2. The number of hydrogen-bond donors (Lipinski definition) is 1. The average Bonchev–Trinajstić information content (AvgIpc) is 3.19. The molecule has 3 aromatic rings. The van der Waals surface area contributed by atoms with Gasteiger partial charge >= 0.3 is 5.97 Å². The number of methoxy groups -OCH3 is 1. The molecule has 2 aromatic carbocycles. The number of hydrogen-bond acceptors (Lipinski definition) is 5. The molecule has 1 N–H and O–H groups in total. The molecule has 1 aromatic heterocycles. The number of rotatable bonds is 8. The summed E-state index contributed by atoms with van der Waals surface area (Å²) in [5.41, 5.74) is 3.67. The van der Waals surface area contributed by atoms with E-state index in [1.54, 1.807) is 31.8 Å². The maximum atomic E-state index is 12.9. The highest BCUT2D eigenvalue weighted by Crippen LogP contribution is 2.27. The lowest BCUT2D eigenvalue weighted by molar-refractivity contribution is -0.147. The summed E-state index contributed by atoms with van der Waals surface area (Å²) in [5.74, 6) is 0.0115. The molecule has 0 saturated carbocycles. The van der Waals surface area contributed by atoms with E-state index in [0.29, 0.717) is 17.0 Å². The van der Waals surface area contributed by atoms with Gasteiger partial charge in [-0.25, -0.2) is 4.68 Å². The highest BCUT2D eigenvalue weighted by Gasteiger charge is 2.19. The van der Waals surface area contributed by atoms with Crippen molar-refractivity contribution in [3.8, 4) is 22.7 Å². The third kappa shape index (κ3) is 5.72. The second-order valence-electron chi connectivity index (χ2n) is 7.45. The normalized spacial score (nSPS) is 10.7. The first-order valence-electron chi connectivity index (χ1n) is 10.2. The maximum absolute atomic E-state index is 12.9. The molecule has 0 atom stereocenters. The average molecular weight is 421 g/mol. The van der Waals surface area contributed by atoms with E-state index in [-0.39, 0.29) is 30.9 Å². The third-order valence-corrected chi connectivity index (χ3v) is 4.58. The summed E-state index contributed by atoms with van der Waals surface area (Å²) in [4.78, 5) is 24.7. The highest BCUT2D eigenvalue weighted by molar-refractivity contribution is 6.00. The first-order valence-corrected chi connectivity index (χ1v) is 10.2. The predicted molar refractivity (Wildman–Crippen MR) is 118 cm³/mol. The number of benzene rings is 2. The molecule has 0 aliphatic carbocycles. The highest BCUT2D eigenvalue weighted by atomic mass is 16.5. The first-order chi connectivity index (χ1) is 14.9. The van der Waals surface area contributed by atoms with E-state index >= 15 is 0 Å². The Hall–Kier alpha value is -3.61. The Labute approximate surface area is 182 Å². The number of amides is 1. The van der Waals surface area contributed by atoms with Crippen LogP contribution in [0.5, 0.6) is 5.75 Å². The molecule has 0 spiro atoms. The number of nitrogens with zero attached hydrogens (tertiary/aromatic N) is 2. The van der Waals surface area contributed by atoms with Gasteiger partial charge in [0.2, 0.25) is 0 Å². The molecule has 0 fully saturated rings. The zero-order valence-electron chi connectivity index (χ0n) is 18.2. The summed E-state index contributed by atoms with van der Waals surface area (Å²) in [5, 5.41) is 7.46. The Morgan fingerprint density at radius 3 is 2.55 bits per heavy atom. The molecule has 31 heavy (non-hydrogen) atoms. The number of carbonyl (C=O) groups excluding carboxylic acids is 2. The first kappa shape index (κ1) is 22.1. The van der Waals surface area contributed by atoms with Crippen molar-refractivity contribution < 1.29 is 19.1 Å². The quantitative estimate of drug-likeness (QED) is 0.558. The Bertz CT molecular complexity index is 1050. The third-order valence-electron chi connectivity index (χ3n) is 4.58. The van der Waals surface area contributed by atoms with Crippen LogP contribution in [-0.2, 0) is 9.53 Å². The van der Waals surface area contributed by atoms with Gasteiger partial charge in [-0.1, -0.05) is 29.8 Å². The second-order valence-corrected chi connectivity index (χ2v) is 7.45. The predicted octanol–water partition coefficient (Wildman–Crippen LogP) is 3.93. The van der Waals surface area contributed by atoms with Gasteiger partial charge in [0.05, 0.1) is 30.9 Å². The number of aryl methyl sites for hydroxylation is 1. The van der Waals surface area contributed by atoms with Gasteiger partial charge < -0.3 is 14.8 Å². The molecule has 0 aliphatic rings. The van der Waals surface area contributed by atoms with Crippen LogP contribution in [0.4, 0.5) is 0 Å². The van der Waals surface area contributed by atoms with E-state index in [2.05, 4.69) is 10.4 Å². The second kappa shape index (κ2) is 9.93. The Balaban J connectivity index is 1.88. The number of ether oxygens (including phenoxy) is 2. The monoisotopic (exact) mass is 421 g/mol. The summed E-state index contributed by atoms with van der Waals surface area (Å²) < 4.78 is 12.1. The number of esters is 1. The van der Waals surface area contributed by atoms with E-state index in [4.69, 9.17) is 9.47 Å². The largest absolute Gasteiger partial charge is 0.497 e. The molecule has 0 radical (unpaired) electrons. The Morgan fingerprint density at radius 1 is 1.13 bits per heavy atom. The molecular weight excluding hydrogens is 394 g/mol. The lowest BCUT2D eigenvalue weighted by Crippen LogP contribution is -2.27. The molecule has 7 nitrogen and oxygen atoms in total. The van der Waals surface area contributed by atoms with Gasteiger partial charge in [0.15, 0.2) is 0 Å². The van der Waals surface area contributed by atoms with Crippen LogP contribution < -0.4 is 10.1 Å². The molecule has 1 heterocycles. The summed E-state index contributed by atoms with van der Waals surface area (Å²) >= 11 is 0. The van der Waals surface area contributed by atoms with Crippen LogP contribution in [0.15, 0.2) is 54.7 Å². The van der Waals surface area contributed by atoms with E-state index in [9.17, 15) is 9.59 Å². The van der Waals surface area contributed by atoms with E-state index in [0.717, 1.165) is 16.8 Å². The topological polar surface area (TPSA) is 82.5 Å². The minimum atomic E-state index is -0.348. The fraction of sp³-hybridized carbons (Fsp3) is 0.292. The van der Waals surface area contributed by atoms with Gasteiger partial charge in [-0.15, -0.1) is 0 Å². The van der Waals surface area contributed by atoms with Gasteiger partial charge in [0, 0.05) is 18.3 Å². The van der Waals surface area contributed by atoms with E-state index in [1.165, 1.54) is 0 Å². The summed E-state index contributed by atoms with van der Waals surface area (Å²) in [6.45, 7) is 5.77. The van der Waals surface area contributed by atoms with Crippen molar-refractivity contribution in [1.29, 1.82) is 0 Å². The van der Waals surface area contributed by atoms with Crippen molar-refractivity contribution in [1.82, 2.24) is 15.1 Å². The van der Waals surface area contributed by atoms with E-state index < -0.39 is 0 Å². The number of carbonyl (C=O) groups is 2. The summed E-state index contributed by atoms with van der Waals surface area (Å²) in [6, 6.07) is 15.3. The van der Waals surface area contributed by atoms with Crippen molar-refractivity contribution in [2.45, 2.75) is 33.3 Å². The van der Waals surface area contributed by atoms with Gasteiger partial charge in [-0.2, -0.15) is 5.10 Å².